The minimum absolute atomic E-state index is 0.0749. The van der Waals surface area contributed by atoms with Crippen LogP contribution >= 0.6 is 0 Å². The number of H-pyrrole nitrogens is 3. The van der Waals surface area contributed by atoms with Crippen LogP contribution in [0.1, 0.15) is 149 Å². The summed E-state index contributed by atoms with van der Waals surface area (Å²) < 4.78 is 5.36. The lowest BCUT2D eigenvalue weighted by atomic mass is 9.87. The molecule has 24 heterocycles. The molecule has 0 spiro atoms. The van der Waals surface area contributed by atoms with E-state index in [0.29, 0.717) is 96.2 Å². The summed E-state index contributed by atoms with van der Waals surface area (Å²) in [4.78, 5) is 71.8. The van der Waals surface area contributed by atoms with E-state index in [-0.39, 0.29) is 6.61 Å². The van der Waals surface area contributed by atoms with Crippen molar-refractivity contribution in [3.8, 4) is 57.1 Å². The van der Waals surface area contributed by atoms with Gasteiger partial charge in [0.1, 0.15) is 23.1 Å². The lowest BCUT2D eigenvalue weighted by molar-refractivity contribution is -0.00877. The average Bonchev–Trinajstić information content (AvgIpc) is 0.844. The summed E-state index contributed by atoms with van der Waals surface area (Å²) in [6, 6.07) is 44.2. The maximum atomic E-state index is 10.4. The summed E-state index contributed by atoms with van der Waals surface area (Å²) in [6.07, 6.45) is 24.7. The molecule has 9 aliphatic heterocycles. The quantitative estimate of drug-likeness (QED) is 0.0375. The van der Waals surface area contributed by atoms with Crippen molar-refractivity contribution >= 4 is 17.5 Å². The normalized spacial score (nSPS) is 18.5. The molecule has 0 amide bonds. The molecule has 9 saturated heterocycles. The number of hydrogen-bond donors (Lipinski definition) is 5. The Hall–Kier alpha value is -13.4. The average molecular weight is 1690 g/mol. The number of piperidine rings is 3. The SMILES string of the molecule is Cc1cc(Cc2cc(C)[nH]n2)nc(-c2ccc(N3CC4CC(C3)N4Cc3ccc(-c4cnn(C(C)C)c4)nc3)nc2)n1.Cc1cc(Cc2cc(C)[nH]n2)nc(-c2ccc(N3CC4CC(C3)N4Cc3ccc(-n4ccc(CO)n4)nc3)nc2)n1.Cc1cc(Cc2cc(C)[nH]n2)nc(-c2ccc(N3CC4CC(C3)N4Cc3ccc(-n4nccc4C(C)(C)O)nc3)nc2)n1. The summed E-state index contributed by atoms with van der Waals surface area (Å²) in [6.45, 7) is 28.1. The first-order valence-corrected chi connectivity index (χ1v) is 43.4. The maximum Gasteiger partial charge on any atom is 0.161 e. The molecule has 0 aliphatic carbocycles. The topological polar surface area (TPSA) is 354 Å². The van der Waals surface area contributed by atoms with Crippen molar-refractivity contribution in [2.45, 2.75) is 182 Å². The molecule has 0 saturated carbocycles. The molecule has 15 aromatic heterocycles. The largest absolute Gasteiger partial charge is 0.390 e. The number of hydrogen-bond acceptors (Lipinski definition) is 26. The van der Waals surface area contributed by atoms with Crippen LogP contribution in [0.5, 0.6) is 0 Å². The standard InChI is InChI=1S/C32H36N10O.C32H36N10.C30H32N10O/c1-20-11-24(13-25-12-21(2)38-39-25)37-31(36-20)23-6-8-29(34-16-23)40-18-26-14-27(19-40)41(26)17-22-5-7-30(33-15-22)42-28(9-10-35-42)32(3,4)43;1-20(2)42-17-25(15-35-42)30-7-5-23(13-33-30)16-41-28-12-29(41)19-40(18-28)31-8-6-24(14-34-31)32-36-21(3)9-26(37-32)11-27-10-22(4)38-39-27;1-19-9-24(11-25-10-20(2)35-36-25)34-30(33-19)22-4-6-28(32-14-22)38-16-26-12-27(17-38)39(26)15-21-3-5-29(31-13-21)40-8-7-23(18-41)37-40/h5-12,15-16,26-27,43H,13-14,17-19H2,1-4H3,(H,38,39);5-10,13-15,17,20,28-29H,11-12,16,18-19H2,1-4H3,(H,38,39);3-10,13-14,26-27,41H,11-12,15-18H2,1-2H3,(H,35,36). The van der Waals surface area contributed by atoms with Gasteiger partial charge >= 0.3 is 0 Å². The van der Waals surface area contributed by atoms with Crippen molar-refractivity contribution in [2.24, 2.45) is 0 Å². The van der Waals surface area contributed by atoms with Crippen molar-refractivity contribution < 1.29 is 10.2 Å². The molecule has 32 heteroatoms. The van der Waals surface area contributed by atoms with Crippen molar-refractivity contribution in [3.63, 3.8) is 0 Å². The van der Waals surface area contributed by atoms with E-state index in [4.69, 9.17) is 34.9 Å². The molecule has 9 fully saturated rings. The zero-order valence-corrected chi connectivity index (χ0v) is 72.6. The van der Waals surface area contributed by atoms with Crippen LogP contribution in [0.25, 0.3) is 57.1 Å². The monoisotopic (exact) mass is 1680 g/mol. The van der Waals surface area contributed by atoms with Gasteiger partial charge in [0.25, 0.3) is 0 Å². The number of pyridine rings is 6. The van der Waals surface area contributed by atoms with Crippen LogP contribution in [-0.2, 0) is 51.1 Å². The second kappa shape index (κ2) is 35.0. The van der Waals surface area contributed by atoms with E-state index >= 15 is 0 Å². The van der Waals surface area contributed by atoms with E-state index in [1.165, 1.54) is 36.0 Å². The summed E-state index contributed by atoms with van der Waals surface area (Å²) in [5, 5.41) is 54.9. The zero-order chi connectivity index (χ0) is 86.4. The van der Waals surface area contributed by atoms with E-state index in [9.17, 15) is 10.2 Å². The van der Waals surface area contributed by atoms with Crippen LogP contribution in [0.15, 0.2) is 183 Å². The van der Waals surface area contributed by atoms with E-state index in [1.807, 2.05) is 144 Å². The summed E-state index contributed by atoms with van der Waals surface area (Å²) in [5.41, 5.74) is 20.4. The van der Waals surface area contributed by atoms with Gasteiger partial charge in [0.05, 0.1) is 64.0 Å². The smallest absolute Gasteiger partial charge is 0.161 e. The van der Waals surface area contributed by atoms with Crippen LogP contribution in [0.3, 0.4) is 0 Å². The van der Waals surface area contributed by atoms with E-state index in [1.54, 1.807) is 35.5 Å². The fourth-order valence-electron chi connectivity index (χ4n) is 18.2. The lowest BCUT2D eigenvalue weighted by Crippen LogP contribution is -2.68. The minimum Gasteiger partial charge on any atom is -0.390 e. The number of anilines is 3. The first kappa shape index (κ1) is 82.2. The number of aromatic amines is 3. The van der Waals surface area contributed by atoms with Gasteiger partial charge < -0.3 is 24.9 Å². The number of piperazine rings is 3. The molecule has 9 aliphatic rings. The van der Waals surface area contributed by atoms with Gasteiger partial charge in [0.15, 0.2) is 29.1 Å². The number of nitrogens with one attached hydrogen (secondary N) is 3. The first-order valence-electron chi connectivity index (χ1n) is 43.4. The number of aryl methyl sites for hydroxylation is 6. The molecular weight excluding hydrogens is 1580 g/mol. The van der Waals surface area contributed by atoms with Crippen molar-refractivity contribution in [2.75, 3.05) is 54.0 Å². The Kier molecular flexibility index (Phi) is 22.8. The first-order chi connectivity index (χ1) is 61.1. The van der Waals surface area contributed by atoms with Gasteiger partial charge in [-0.15, -0.1) is 0 Å². The van der Waals surface area contributed by atoms with E-state index in [0.717, 1.165) is 178 Å². The Labute approximate surface area is 730 Å². The summed E-state index contributed by atoms with van der Waals surface area (Å²) >= 11 is 0. The molecule has 6 unspecified atom stereocenters. The number of aliphatic hydroxyl groups is 2. The predicted molar refractivity (Wildman–Crippen MR) is 478 cm³/mol. The Morgan fingerprint density at radius 1 is 0.405 bits per heavy atom. The minimum atomic E-state index is -0.995. The second-order valence-electron chi connectivity index (χ2n) is 35.2. The Balaban J connectivity index is 0.000000123. The molecule has 24 rings (SSSR count). The van der Waals surface area contributed by atoms with Gasteiger partial charge in [0, 0.05) is 233 Å². The number of nitrogens with zero attached hydrogens (tertiary/aromatic N) is 27. The highest BCUT2D eigenvalue weighted by atomic mass is 16.3. The molecule has 32 nitrogen and oxygen atoms in total. The van der Waals surface area contributed by atoms with Crippen molar-refractivity contribution in [3.05, 3.63) is 280 Å². The molecule has 15 aromatic rings. The predicted octanol–water partition coefficient (Wildman–Crippen LogP) is 11.5. The van der Waals surface area contributed by atoms with Crippen molar-refractivity contribution in [1.29, 1.82) is 0 Å². The summed E-state index contributed by atoms with van der Waals surface area (Å²) in [5.74, 6) is 6.55. The van der Waals surface area contributed by atoms with Crippen LogP contribution in [0.2, 0.25) is 0 Å². The lowest BCUT2D eigenvalue weighted by Gasteiger charge is -2.56. The maximum absolute atomic E-state index is 10.4. The second-order valence-corrected chi connectivity index (χ2v) is 35.2. The molecular formula is C94H104N30O2. The zero-order valence-electron chi connectivity index (χ0n) is 72.6. The van der Waals surface area contributed by atoms with Gasteiger partial charge in [-0.3, -0.25) is 39.7 Å². The van der Waals surface area contributed by atoms with Gasteiger partial charge in [-0.1, -0.05) is 18.2 Å². The van der Waals surface area contributed by atoms with Gasteiger partial charge in [-0.25, -0.2) is 64.2 Å². The van der Waals surface area contributed by atoms with Crippen molar-refractivity contribution in [1.82, 2.24) is 134 Å². The Bertz CT molecular complexity index is 6250. The number of aromatic nitrogens is 24. The number of rotatable bonds is 24. The van der Waals surface area contributed by atoms with Gasteiger partial charge in [-0.2, -0.15) is 30.6 Å². The fourth-order valence-corrected chi connectivity index (χ4v) is 18.2. The molecule has 642 valence electrons. The third-order valence-corrected chi connectivity index (χ3v) is 24.6. The molecule has 5 N–H and O–H groups in total. The number of aliphatic hydroxyl groups excluding tert-OH is 1. The fraction of sp³-hybridized carbons (Fsp3) is 0.362. The van der Waals surface area contributed by atoms with Gasteiger partial charge in [-0.05, 0) is 208 Å². The van der Waals surface area contributed by atoms with Crippen LogP contribution in [0.4, 0.5) is 17.5 Å². The molecule has 0 radical (unpaired) electrons. The molecule has 0 aromatic carbocycles. The van der Waals surface area contributed by atoms with E-state index < -0.39 is 5.60 Å². The van der Waals surface area contributed by atoms with Crippen LogP contribution in [-0.4, -0.2) is 220 Å². The highest BCUT2D eigenvalue weighted by Crippen LogP contribution is 2.40. The van der Waals surface area contributed by atoms with Gasteiger partial charge in [0.2, 0.25) is 0 Å². The summed E-state index contributed by atoms with van der Waals surface area (Å²) in [7, 11) is 0. The Morgan fingerprint density at radius 2 is 0.802 bits per heavy atom. The molecule has 6 bridgehead atoms. The third-order valence-electron chi connectivity index (χ3n) is 24.6. The Morgan fingerprint density at radius 3 is 1.13 bits per heavy atom. The number of fused-ring (bicyclic) bond motifs is 6. The van der Waals surface area contributed by atoms with E-state index in [2.05, 4.69) is 187 Å². The van der Waals surface area contributed by atoms with Crippen LogP contribution in [0, 0.1) is 41.5 Å². The molecule has 126 heavy (non-hydrogen) atoms. The highest BCUT2D eigenvalue weighted by molar-refractivity contribution is 5.61. The highest BCUT2D eigenvalue weighted by Gasteiger charge is 2.47. The molecule has 6 atom stereocenters. The van der Waals surface area contributed by atoms with Crippen LogP contribution < -0.4 is 14.7 Å². The third kappa shape index (κ3) is 18.3.